The smallest absolute Gasteiger partial charge is 0.310 e. The van der Waals surface area contributed by atoms with Crippen LogP contribution in [0.1, 0.15) is 122 Å². The predicted octanol–water partition coefficient (Wildman–Crippen LogP) is 9.96. The first-order valence-electron chi connectivity index (χ1n) is 16.9. The Hall–Kier alpha value is -2.46. The first kappa shape index (κ1) is 33.4. The van der Waals surface area contributed by atoms with E-state index in [1.54, 1.807) is 12.1 Å². The third-order valence-electron chi connectivity index (χ3n) is 11.1. The van der Waals surface area contributed by atoms with Crippen molar-refractivity contribution in [2.75, 3.05) is 7.11 Å². The van der Waals surface area contributed by atoms with Gasteiger partial charge in [0, 0.05) is 11.3 Å². The van der Waals surface area contributed by atoms with Crippen molar-refractivity contribution in [1.82, 2.24) is 0 Å². The number of methoxy groups -OCH3 is 1. The van der Waals surface area contributed by atoms with E-state index in [9.17, 15) is 14.3 Å². The lowest BCUT2D eigenvalue weighted by molar-refractivity contribution is -0.139. The van der Waals surface area contributed by atoms with Crippen LogP contribution in [-0.2, 0) is 16.0 Å². The number of esters is 1. The molecule has 1 N–H and O–H groups in total. The van der Waals surface area contributed by atoms with Crippen molar-refractivity contribution in [1.29, 1.82) is 0 Å². The Balaban J connectivity index is 1.44. The second-order valence-electron chi connectivity index (χ2n) is 13.7. The predicted molar refractivity (Wildman–Crippen MR) is 175 cm³/mol. The highest BCUT2D eigenvalue weighted by Gasteiger charge is 2.37. The van der Waals surface area contributed by atoms with Gasteiger partial charge in [-0.05, 0) is 98.0 Å². The number of allylic oxidation sites excluding steroid dienone is 8. The summed E-state index contributed by atoms with van der Waals surface area (Å²) < 4.78 is 19.6. The van der Waals surface area contributed by atoms with E-state index < -0.39 is 11.6 Å². The van der Waals surface area contributed by atoms with Crippen LogP contribution in [0, 0.1) is 29.0 Å². The molecule has 3 nitrogen and oxygen atoms in total. The number of hydrogen-bond acceptors (Lipinski definition) is 3. The van der Waals surface area contributed by atoms with Crippen LogP contribution < -0.4 is 0 Å². The van der Waals surface area contributed by atoms with Crippen molar-refractivity contribution in [3.8, 4) is 0 Å². The second-order valence-corrected chi connectivity index (χ2v) is 13.7. The maximum atomic E-state index is 14.9. The van der Waals surface area contributed by atoms with Gasteiger partial charge < -0.3 is 9.84 Å². The van der Waals surface area contributed by atoms with Gasteiger partial charge in [0.2, 0.25) is 0 Å². The van der Waals surface area contributed by atoms with Crippen molar-refractivity contribution in [2.45, 2.75) is 123 Å². The number of hydrogen-bond donors (Lipinski definition) is 1. The van der Waals surface area contributed by atoms with Crippen LogP contribution in [0.3, 0.4) is 0 Å². The first-order valence-corrected chi connectivity index (χ1v) is 16.9. The molecule has 1 fully saturated rings. The summed E-state index contributed by atoms with van der Waals surface area (Å²) in [6, 6.07) is 5.27. The molecule has 43 heavy (non-hydrogen) atoms. The Labute approximate surface area is 260 Å². The quantitative estimate of drug-likeness (QED) is 0.207. The van der Waals surface area contributed by atoms with Gasteiger partial charge in [-0.1, -0.05) is 101 Å². The van der Waals surface area contributed by atoms with Crippen LogP contribution in [-0.4, -0.2) is 23.8 Å². The number of benzene rings is 1. The maximum absolute atomic E-state index is 14.9. The zero-order chi connectivity index (χ0) is 31.2. The second kappa shape index (κ2) is 14.5. The van der Waals surface area contributed by atoms with E-state index in [-0.39, 0.29) is 23.6 Å². The molecule has 1 saturated carbocycles. The van der Waals surface area contributed by atoms with Crippen LogP contribution in [0.4, 0.5) is 4.39 Å². The SMILES string of the molecule is CCC(O)(CCCC1CC1)CCC1C=CC(C(CC)(CC)C2=CCC(c3ccc(CC(=O)OC)c(F)c3)C(C)=C2)=CC1C. The van der Waals surface area contributed by atoms with E-state index in [1.165, 1.54) is 43.1 Å². The fraction of sp³-hybridized carbons (Fsp3) is 0.615. The molecule has 0 aromatic heterocycles. The molecular formula is C39H55FO3. The van der Waals surface area contributed by atoms with Crippen LogP contribution in [0.25, 0.3) is 0 Å². The topological polar surface area (TPSA) is 46.5 Å². The van der Waals surface area contributed by atoms with E-state index in [1.807, 2.05) is 6.07 Å². The third-order valence-corrected chi connectivity index (χ3v) is 11.1. The van der Waals surface area contributed by atoms with Gasteiger partial charge in [-0.3, -0.25) is 4.79 Å². The fourth-order valence-corrected chi connectivity index (χ4v) is 7.54. The molecule has 0 heterocycles. The van der Waals surface area contributed by atoms with Crippen molar-refractivity contribution in [3.05, 3.63) is 82.2 Å². The van der Waals surface area contributed by atoms with Gasteiger partial charge in [-0.2, -0.15) is 0 Å². The van der Waals surface area contributed by atoms with Crippen LogP contribution in [0.2, 0.25) is 0 Å². The molecule has 0 amide bonds. The van der Waals surface area contributed by atoms with Gasteiger partial charge in [-0.15, -0.1) is 0 Å². The first-order chi connectivity index (χ1) is 20.6. The largest absolute Gasteiger partial charge is 0.469 e. The highest BCUT2D eigenvalue weighted by Crippen LogP contribution is 2.49. The van der Waals surface area contributed by atoms with E-state index in [4.69, 9.17) is 4.74 Å². The maximum Gasteiger partial charge on any atom is 0.310 e. The molecular weight excluding hydrogens is 535 g/mol. The van der Waals surface area contributed by atoms with Crippen molar-refractivity contribution >= 4 is 5.97 Å². The molecule has 0 spiro atoms. The molecule has 4 atom stereocenters. The summed E-state index contributed by atoms with van der Waals surface area (Å²) in [5.41, 5.74) is 4.76. The van der Waals surface area contributed by atoms with E-state index in [0.717, 1.165) is 62.8 Å². The Bertz CT molecular complexity index is 1240. The van der Waals surface area contributed by atoms with Gasteiger partial charge in [0.1, 0.15) is 5.82 Å². The molecule has 3 aliphatic carbocycles. The molecule has 1 aromatic carbocycles. The Morgan fingerprint density at radius 1 is 1.07 bits per heavy atom. The molecule has 4 heteroatoms. The Morgan fingerprint density at radius 3 is 2.40 bits per heavy atom. The summed E-state index contributed by atoms with van der Waals surface area (Å²) in [7, 11) is 1.32. The molecule has 4 rings (SSSR count). The standard InChI is InChI=1S/C39H55FO3/c1-7-38(42,21-10-11-29-12-13-29)22-20-30-16-17-33(23-27(30)4)39(8-2,9-3)34-18-19-35(28(5)24-34)31-14-15-32(36(40)25-31)26-37(41)43-6/h14-18,23-25,27,29-30,35,42H,7-13,19-22,26H2,1-6H3. The number of aliphatic hydroxyl groups is 1. The van der Waals surface area contributed by atoms with Crippen LogP contribution >= 0.6 is 0 Å². The summed E-state index contributed by atoms with van der Waals surface area (Å²) >= 11 is 0. The van der Waals surface area contributed by atoms with E-state index >= 15 is 0 Å². The summed E-state index contributed by atoms with van der Waals surface area (Å²) in [5, 5.41) is 11.3. The third kappa shape index (κ3) is 7.98. The lowest BCUT2D eigenvalue weighted by Crippen LogP contribution is -2.30. The average Bonchev–Trinajstić information content (AvgIpc) is 3.83. The number of carbonyl (C=O) groups excluding carboxylic acids is 1. The number of halogens is 1. The van der Waals surface area contributed by atoms with Gasteiger partial charge >= 0.3 is 5.97 Å². The lowest BCUT2D eigenvalue weighted by Gasteiger charge is -2.40. The molecule has 3 aliphatic rings. The molecule has 0 bridgehead atoms. The lowest BCUT2D eigenvalue weighted by atomic mass is 9.64. The highest BCUT2D eigenvalue weighted by molar-refractivity contribution is 5.72. The number of carbonyl (C=O) groups is 1. The minimum Gasteiger partial charge on any atom is -0.469 e. The van der Waals surface area contributed by atoms with Crippen molar-refractivity contribution in [2.24, 2.45) is 23.2 Å². The van der Waals surface area contributed by atoms with Gasteiger partial charge in [0.25, 0.3) is 0 Å². The minimum atomic E-state index is -0.528. The molecule has 1 aromatic rings. The van der Waals surface area contributed by atoms with Crippen molar-refractivity contribution in [3.63, 3.8) is 0 Å². The summed E-state index contributed by atoms with van der Waals surface area (Å²) in [4.78, 5) is 11.6. The minimum absolute atomic E-state index is 0.0510. The number of ether oxygens (including phenoxy) is 1. The number of rotatable bonds is 15. The van der Waals surface area contributed by atoms with Crippen LogP contribution in [0.5, 0.6) is 0 Å². The Kier molecular flexibility index (Phi) is 11.3. The monoisotopic (exact) mass is 590 g/mol. The van der Waals surface area contributed by atoms with Gasteiger partial charge in [0.05, 0.1) is 19.1 Å². The normalized spacial score (nSPS) is 23.7. The zero-order valence-corrected chi connectivity index (χ0v) is 27.6. The highest BCUT2D eigenvalue weighted by atomic mass is 19.1. The molecule has 0 aliphatic heterocycles. The average molecular weight is 591 g/mol. The molecule has 4 unspecified atom stereocenters. The van der Waals surface area contributed by atoms with Gasteiger partial charge in [-0.25, -0.2) is 4.39 Å². The van der Waals surface area contributed by atoms with Crippen LogP contribution in [0.15, 0.2) is 65.3 Å². The summed E-state index contributed by atoms with van der Waals surface area (Å²) in [5.74, 6) is 1.16. The summed E-state index contributed by atoms with van der Waals surface area (Å²) in [6.07, 6.45) is 23.7. The summed E-state index contributed by atoms with van der Waals surface area (Å²) in [6.45, 7) is 11.2. The molecule has 0 saturated heterocycles. The van der Waals surface area contributed by atoms with E-state index in [0.29, 0.717) is 17.4 Å². The molecule has 236 valence electrons. The zero-order valence-electron chi connectivity index (χ0n) is 27.6. The molecule has 0 radical (unpaired) electrons. The van der Waals surface area contributed by atoms with Gasteiger partial charge in [0.15, 0.2) is 0 Å². The Morgan fingerprint density at radius 2 is 1.81 bits per heavy atom. The van der Waals surface area contributed by atoms with Crippen molar-refractivity contribution < 1.29 is 19.0 Å². The van der Waals surface area contributed by atoms with E-state index in [2.05, 4.69) is 65.0 Å². The fourth-order valence-electron chi connectivity index (χ4n) is 7.54.